The molecule has 0 spiro atoms. The van der Waals surface area contributed by atoms with Gasteiger partial charge in [-0.25, -0.2) is 0 Å². The molecule has 2 aromatic rings. The van der Waals surface area contributed by atoms with Crippen molar-refractivity contribution in [1.29, 1.82) is 0 Å². The van der Waals surface area contributed by atoms with Crippen molar-refractivity contribution in [3.8, 4) is 0 Å². The number of rotatable bonds is 5. The number of primary amides is 1. The van der Waals surface area contributed by atoms with Crippen molar-refractivity contribution in [3.05, 3.63) is 42.1 Å². The highest BCUT2D eigenvalue weighted by atomic mass is 16.1. The number of benzene rings is 1. The van der Waals surface area contributed by atoms with E-state index in [-0.39, 0.29) is 0 Å². The lowest BCUT2D eigenvalue weighted by atomic mass is 10.0. The van der Waals surface area contributed by atoms with Gasteiger partial charge in [-0.2, -0.15) is 0 Å². The predicted octanol–water partition coefficient (Wildman–Crippen LogP) is 1.37. The van der Waals surface area contributed by atoms with E-state index in [1.807, 2.05) is 18.2 Å². The molecule has 4 N–H and O–H groups in total. The zero-order chi connectivity index (χ0) is 13.0. The van der Waals surface area contributed by atoms with Gasteiger partial charge in [-0.15, -0.1) is 0 Å². The van der Waals surface area contributed by atoms with Crippen LogP contribution in [-0.4, -0.2) is 16.9 Å². The summed E-state index contributed by atoms with van der Waals surface area (Å²) < 4.78 is 0. The Kier molecular flexibility index (Phi) is 3.89. The molecule has 1 aromatic carbocycles. The van der Waals surface area contributed by atoms with E-state index in [9.17, 15) is 4.79 Å². The van der Waals surface area contributed by atoms with Crippen LogP contribution in [0.25, 0.3) is 10.9 Å². The van der Waals surface area contributed by atoms with Crippen molar-refractivity contribution in [3.63, 3.8) is 0 Å². The first kappa shape index (κ1) is 12.5. The molecule has 1 atom stereocenters. The molecule has 0 aliphatic rings. The van der Waals surface area contributed by atoms with Gasteiger partial charge in [0.05, 0.1) is 11.6 Å². The summed E-state index contributed by atoms with van der Waals surface area (Å²) in [5.74, 6) is -0.436. The van der Waals surface area contributed by atoms with E-state index in [1.54, 1.807) is 6.20 Å². The zero-order valence-electron chi connectivity index (χ0n) is 10.2. The van der Waals surface area contributed by atoms with Crippen molar-refractivity contribution in [2.75, 3.05) is 0 Å². The van der Waals surface area contributed by atoms with E-state index in [0.29, 0.717) is 6.42 Å². The molecule has 4 heteroatoms. The molecule has 2 rings (SSSR count). The van der Waals surface area contributed by atoms with Gasteiger partial charge in [-0.05, 0) is 37.0 Å². The number of hydrogen-bond acceptors (Lipinski definition) is 3. The minimum atomic E-state index is -0.543. The molecule has 94 valence electrons. The molecule has 0 bridgehead atoms. The summed E-state index contributed by atoms with van der Waals surface area (Å²) in [6.45, 7) is 0. The van der Waals surface area contributed by atoms with Crippen LogP contribution in [0.15, 0.2) is 36.5 Å². The van der Waals surface area contributed by atoms with Gasteiger partial charge in [-0.3, -0.25) is 9.78 Å². The summed E-state index contributed by atoms with van der Waals surface area (Å²) >= 11 is 0. The van der Waals surface area contributed by atoms with E-state index in [1.165, 1.54) is 5.56 Å². The summed E-state index contributed by atoms with van der Waals surface area (Å²) in [5, 5.41) is 1.16. The van der Waals surface area contributed by atoms with Crippen LogP contribution in [0.1, 0.15) is 18.4 Å². The molecule has 0 fully saturated rings. The average Bonchev–Trinajstić information content (AvgIpc) is 2.38. The molecule has 0 radical (unpaired) electrons. The van der Waals surface area contributed by atoms with Crippen molar-refractivity contribution in [2.45, 2.75) is 25.3 Å². The molecule has 1 aromatic heterocycles. The number of pyridine rings is 1. The van der Waals surface area contributed by atoms with Crippen LogP contribution >= 0.6 is 0 Å². The lowest BCUT2D eigenvalue weighted by Crippen LogP contribution is -2.36. The minimum Gasteiger partial charge on any atom is -0.368 e. The average molecular weight is 243 g/mol. The Balaban J connectivity index is 2.06. The SMILES string of the molecule is NC(=O)[C@@H](N)CCCc1cccc2ncccc12. The normalized spacial score (nSPS) is 12.5. The van der Waals surface area contributed by atoms with E-state index < -0.39 is 11.9 Å². The molecule has 0 saturated carbocycles. The fourth-order valence-electron chi connectivity index (χ4n) is 2.04. The number of aryl methyl sites for hydroxylation is 1. The molecule has 1 amide bonds. The highest BCUT2D eigenvalue weighted by molar-refractivity contribution is 5.82. The minimum absolute atomic E-state index is 0.436. The van der Waals surface area contributed by atoms with Crippen molar-refractivity contribution in [2.24, 2.45) is 11.5 Å². The first-order valence-corrected chi connectivity index (χ1v) is 6.06. The van der Waals surface area contributed by atoms with Crippen LogP contribution < -0.4 is 11.5 Å². The van der Waals surface area contributed by atoms with Gasteiger partial charge in [0.25, 0.3) is 0 Å². The fourth-order valence-corrected chi connectivity index (χ4v) is 2.04. The summed E-state index contributed by atoms with van der Waals surface area (Å²) in [5.41, 5.74) is 13.0. The maximum atomic E-state index is 10.8. The van der Waals surface area contributed by atoms with E-state index in [2.05, 4.69) is 17.1 Å². The first-order chi connectivity index (χ1) is 8.68. The summed E-state index contributed by atoms with van der Waals surface area (Å²) in [6.07, 6.45) is 4.13. The van der Waals surface area contributed by atoms with Crippen LogP contribution in [0.3, 0.4) is 0 Å². The molecule has 0 saturated heterocycles. The summed E-state index contributed by atoms with van der Waals surface area (Å²) in [7, 11) is 0. The van der Waals surface area contributed by atoms with Gasteiger partial charge in [0, 0.05) is 11.6 Å². The van der Waals surface area contributed by atoms with Crippen molar-refractivity contribution < 1.29 is 4.79 Å². The highest BCUT2D eigenvalue weighted by Gasteiger charge is 2.09. The number of nitrogens with zero attached hydrogens (tertiary/aromatic N) is 1. The van der Waals surface area contributed by atoms with Crippen molar-refractivity contribution in [1.82, 2.24) is 4.98 Å². The number of amides is 1. The maximum absolute atomic E-state index is 10.8. The van der Waals surface area contributed by atoms with Crippen LogP contribution in [0.5, 0.6) is 0 Å². The molecule has 0 aliphatic heterocycles. The van der Waals surface area contributed by atoms with Gasteiger partial charge in [0.15, 0.2) is 0 Å². The predicted molar refractivity (Wildman–Crippen MR) is 71.9 cm³/mol. The van der Waals surface area contributed by atoms with Crippen molar-refractivity contribution >= 4 is 16.8 Å². The third kappa shape index (κ3) is 2.84. The van der Waals surface area contributed by atoms with E-state index >= 15 is 0 Å². The molecule has 1 heterocycles. The second-order valence-corrected chi connectivity index (χ2v) is 4.39. The Morgan fingerprint density at radius 2 is 2.11 bits per heavy atom. The first-order valence-electron chi connectivity index (χ1n) is 6.06. The second-order valence-electron chi connectivity index (χ2n) is 4.39. The van der Waals surface area contributed by atoms with E-state index in [4.69, 9.17) is 11.5 Å². The van der Waals surface area contributed by atoms with Crippen LogP contribution in [-0.2, 0) is 11.2 Å². The van der Waals surface area contributed by atoms with Gasteiger partial charge >= 0.3 is 0 Å². The number of aromatic nitrogens is 1. The monoisotopic (exact) mass is 243 g/mol. The Bertz CT molecular complexity index is 548. The van der Waals surface area contributed by atoms with Crippen LogP contribution in [0.2, 0.25) is 0 Å². The van der Waals surface area contributed by atoms with Crippen LogP contribution in [0, 0.1) is 0 Å². The Hall–Kier alpha value is -1.94. The fraction of sp³-hybridized carbons (Fsp3) is 0.286. The topological polar surface area (TPSA) is 82.0 Å². The summed E-state index contributed by atoms with van der Waals surface area (Å²) in [4.78, 5) is 15.2. The number of nitrogens with two attached hydrogens (primary N) is 2. The zero-order valence-corrected chi connectivity index (χ0v) is 10.2. The lowest BCUT2D eigenvalue weighted by Gasteiger charge is -2.08. The van der Waals surface area contributed by atoms with Gasteiger partial charge < -0.3 is 11.5 Å². The second kappa shape index (κ2) is 5.60. The quantitative estimate of drug-likeness (QED) is 0.832. The Morgan fingerprint density at radius 3 is 2.89 bits per heavy atom. The number of fused-ring (bicyclic) bond motifs is 1. The molecule has 0 aliphatic carbocycles. The smallest absolute Gasteiger partial charge is 0.234 e. The number of carbonyl (C=O) groups excluding carboxylic acids is 1. The molecular weight excluding hydrogens is 226 g/mol. The summed E-state index contributed by atoms with van der Waals surface area (Å²) in [6, 6.07) is 9.53. The maximum Gasteiger partial charge on any atom is 0.234 e. The van der Waals surface area contributed by atoms with Gasteiger partial charge in [-0.1, -0.05) is 18.2 Å². The number of hydrogen-bond donors (Lipinski definition) is 2. The largest absolute Gasteiger partial charge is 0.368 e. The third-order valence-electron chi connectivity index (χ3n) is 3.06. The van der Waals surface area contributed by atoms with Gasteiger partial charge in [0.1, 0.15) is 0 Å². The lowest BCUT2D eigenvalue weighted by molar-refractivity contribution is -0.119. The Labute approximate surface area is 106 Å². The standard InChI is InChI=1S/C14H17N3O/c15-12(14(16)18)7-1-4-10-5-2-8-13-11(10)6-3-9-17-13/h2-3,5-6,8-9,12H,1,4,7,15H2,(H2,16,18)/t12-/m0/s1. The molecule has 0 unspecified atom stereocenters. The van der Waals surface area contributed by atoms with Gasteiger partial charge in [0.2, 0.25) is 5.91 Å². The Morgan fingerprint density at radius 1 is 1.28 bits per heavy atom. The highest BCUT2D eigenvalue weighted by Crippen LogP contribution is 2.18. The number of carbonyl (C=O) groups is 1. The van der Waals surface area contributed by atoms with Crippen LogP contribution in [0.4, 0.5) is 0 Å². The third-order valence-corrected chi connectivity index (χ3v) is 3.06. The molecule has 4 nitrogen and oxygen atoms in total. The van der Waals surface area contributed by atoms with E-state index in [0.717, 1.165) is 23.7 Å². The molecule has 18 heavy (non-hydrogen) atoms. The molecular formula is C14H17N3O.